The zero-order valence-corrected chi connectivity index (χ0v) is 20.4. The van der Waals surface area contributed by atoms with Gasteiger partial charge in [0, 0.05) is 23.9 Å². The summed E-state index contributed by atoms with van der Waals surface area (Å²) in [5.74, 6) is 0.469. The molecule has 0 aliphatic heterocycles. The molecule has 0 aliphatic carbocycles. The minimum atomic E-state index is 0.00590. The van der Waals surface area contributed by atoms with Gasteiger partial charge in [0.2, 0.25) is 11.8 Å². The van der Waals surface area contributed by atoms with Gasteiger partial charge in [-0.1, -0.05) is 76.9 Å². The normalized spacial score (nSPS) is 12.0. The third-order valence-electron chi connectivity index (χ3n) is 5.47. The predicted molar refractivity (Wildman–Crippen MR) is 130 cm³/mol. The van der Waals surface area contributed by atoms with E-state index in [0.29, 0.717) is 25.6 Å². The number of hydrogen-bond acceptors (Lipinski definition) is 3. The Hall–Kier alpha value is -2.14. The number of hydrogen-bond donors (Lipinski definition) is 0. The van der Waals surface area contributed by atoms with E-state index < -0.39 is 0 Å². The van der Waals surface area contributed by atoms with Crippen LogP contribution < -0.4 is 0 Å². The molecule has 2 aromatic rings. The maximum absolute atomic E-state index is 13.4. The highest BCUT2D eigenvalue weighted by molar-refractivity contribution is 7.09. The van der Waals surface area contributed by atoms with Crippen LogP contribution >= 0.6 is 11.3 Å². The third-order valence-corrected chi connectivity index (χ3v) is 6.33. The Bertz CT molecular complexity index is 774. The van der Waals surface area contributed by atoms with Crippen molar-refractivity contribution in [3.8, 4) is 0 Å². The minimum Gasteiger partial charge on any atom is -0.333 e. The van der Waals surface area contributed by atoms with Crippen molar-refractivity contribution in [1.29, 1.82) is 0 Å². The quantitative estimate of drug-likeness (QED) is 0.383. The summed E-state index contributed by atoms with van der Waals surface area (Å²) >= 11 is 1.66. The summed E-state index contributed by atoms with van der Waals surface area (Å²) in [7, 11) is 0. The van der Waals surface area contributed by atoms with Gasteiger partial charge in [0.1, 0.15) is 0 Å². The molecule has 31 heavy (non-hydrogen) atoms. The summed E-state index contributed by atoms with van der Waals surface area (Å²) < 4.78 is 0. The first-order valence-electron chi connectivity index (χ1n) is 11.6. The molecule has 0 saturated heterocycles. The molecule has 1 aromatic carbocycles. The van der Waals surface area contributed by atoms with Crippen LogP contribution in [0.15, 0.2) is 47.8 Å². The summed E-state index contributed by atoms with van der Waals surface area (Å²) in [4.78, 5) is 31.6. The number of carbonyl (C=O) groups excluding carboxylic acids is 2. The molecule has 0 aliphatic rings. The molecule has 0 spiro atoms. The number of carbonyl (C=O) groups is 2. The Balaban J connectivity index is 2.17. The Morgan fingerprint density at radius 1 is 0.968 bits per heavy atom. The predicted octanol–water partition coefficient (Wildman–Crippen LogP) is 5.98. The molecule has 0 fully saturated rings. The number of rotatable bonds is 13. The van der Waals surface area contributed by atoms with Crippen LogP contribution in [0.3, 0.4) is 0 Å². The molecule has 2 amide bonds. The standard InChI is InChI=1S/C26H38N2O2S/c1-5-7-14-23(6-2)26(30)28(17-21(3)4)20-25(29)27(19-24-15-11-16-31-24)18-22-12-9-8-10-13-22/h8-13,15-16,21,23H,5-7,14,17-20H2,1-4H3. The van der Waals surface area contributed by atoms with Gasteiger partial charge in [0.25, 0.3) is 0 Å². The number of amides is 2. The Morgan fingerprint density at radius 2 is 1.71 bits per heavy atom. The monoisotopic (exact) mass is 442 g/mol. The van der Waals surface area contributed by atoms with Gasteiger partial charge in [0.05, 0.1) is 13.1 Å². The fraction of sp³-hybridized carbons (Fsp3) is 0.538. The highest BCUT2D eigenvalue weighted by Crippen LogP contribution is 2.19. The van der Waals surface area contributed by atoms with Crippen LogP contribution in [0.2, 0.25) is 0 Å². The Morgan fingerprint density at radius 3 is 2.29 bits per heavy atom. The van der Waals surface area contributed by atoms with Gasteiger partial charge in [-0.25, -0.2) is 0 Å². The molecular weight excluding hydrogens is 404 g/mol. The van der Waals surface area contributed by atoms with Gasteiger partial charge in [-0.2, -0.15) is 0 Å². The van der Waals surface area contributed by atoms with E-state index in [-0.39, 0.29) is 24.3 Å². The smallest absolute Gasteiger partial charge is 0.242 e. The molecule has 1 aromatic heterocycles. The van der Waals surface area contributed by atoms with Crippen LogP contribution in [0.5, 0.6) is 0 Å². The van der Waals surface area contributed by atoms with Gasteiger partial charge >= 0.3 is 0 Å². The fourth-order valence-corrected chi connectivity index (χ4v) is 4.49. The molecule has 2 rings (SSSR count). The lowest BCUT2D eigenvalue weighted by Crippen LogP contribution is -2.45. The topological polar surface area (TPSA) is 40.6 Å². The molecule has 4 nitrogen and oxygen atoms in total. The van der Waals surface area contributed by atoms with E-state index in [9.17, 15) is 9.59 Å². The molecule has 1 heterocycles. The minimum absolute atomic E-state index is 0.00590. The molecule has 1 atom stereocenters. The Labute approximate surface area is 192 Å². The van der Waals surface area contributed by atoms with Crippen molar-refractivity contribution < 1.29 is 9.59 Å². The van der Waals surface area contributed by atoms with Crippen LogP contribution in [-0.4, -0.2) is 34.7 Å². The van der Waals surface area contributed by atoms with Gasteiger partial charge in [0.15, 0.2) is 0 Å². The number of thiophene rings is 1. The average Bonchev–Trinajstić information content (AvgIpc) is 3.26. The molecule has 0 saturated carbocycles. The molecule has 0 radical (unpaired) electrons. The number of nitrogens with zero attached hydrogens (tertiary/aromatic N) is 2. The average molecular weight is 443 g/mol. The van der Waals surface area contributed by atoms with Crippen molar-refractivity contribution in [3.63, 3.8) is 0 Å². The number of unbranched alkanes of at least 4 members (excludes halogenated alkanes) is 1. The van der Waals surface area contributed by atoms with Gasteiger partial charge in [-0.3, -0.25) is 9.59 Å². The van der Waals surface area contributed by atoms with E-state index in [4.69, 9.17) is 0 Å². The maximum atomic E-state index is 13.4. The molecule has 0 N–H and O–H groups in total. The lowest BCUT2D eigenvalue weighted by Gasteiger charge is -2.31. The first kappa shape index (κ1) is 25.1. The van der Waals surface area contributed by atoms with Gasteiger partial charge < -0.3 is 9.80 Å². The summed E-state index contributed by atoms with van der Waals surface area (Å²) in [5, 5.41) is 2.04. The first-order valence-corrected chi connectivity index (χ1v) is 12.4. The summed E-state index contributed by atoms with van der Waals surface area (Å²) in [6.45, 7) is 10.3. The van der Waals surface area contributed by atoms with Crippen LogP contribution in [0.4, 0.5) is 0 Å². The first-order chi connectivity index (χ1) is 14.9. The van der Waals surface area contributed by atoms with Crippen molar-refractivity contribution in [2.24, 2.45) is 11.8 Å². The van der Waals surface area contributed by atoms with E-state index in [2.05, 4.69) is 33.8 Å². The van der Waals surface area contributed by atoms with Crippen LogP contribution in [0, 0.1) is 11.8 Å². The fourth-order valence-electron chi connectivity index (χ4n) is 3.77. The summed E-state index contributed by atoms with van der Waals surface area (Å²) in [5.41, 5.74) is 1.10. The second-order valence-corrected chi connectivity index (χ2v) is 9.71. The second-order valence-electron chi connectivity index (χ2n) is 8.67. The zero-order chi connectivity index (χ0) is 22.6. The molecule has 170 valence electrons. The van der Waals surface area contributed by atoms with Crippen LogP contribution in [0.1, 0.15) is 63.8 Å². The van der Waals surface area contributed by atoms with Gasteiger partial charge in [-0.05, 0) is 35.8 Å². The van der Waals surface area contributed by atoms with E-state index in [1.54, 1.807) is 11.3 Å². The Kier molecular flexibility index (Phi) is 10.8. The van der Waals surface area contributed by atoms with Crippen molar-refractivity contribution in [1.82, 2.24) is 9.80 Å². The maximum Gasteiger partial charge on any atom is 0.242 e. The van der Waals surface area contributed by atoms with E-state index in [1.165, 1.54) is 0 Å². The van der Waals surface area contributed by atoms with E-state index in [1.807, 2.05) is 51.6 Å². The van der Waals surface area contributed by atoms with Crippen molar-refractivity contribution >= 4 is 23.2 Å². The molecule has 0 bridgehead atoms. The lowest BCUT2D eigenvalue weighted by molar-refractivity contribution is -0.144. The third kappa shape index (κ3) is 8.48. The highest BCUT2D eigenvalue weighted by Gasteiger charge is 2.27. The second kappa shape index (κ2) is 13.3. The summed E-state index contributed by atoms with van der Waals surface area (Å²) in [6.07, 6.45) is 3.85. The van der Waals surface area contributed by atoms with Crippen molar-refractivity contribution in [2.45, 2.75) is 66.5 Å². The van der Waals surface area contributed by atoms with Gasteiger partial charge in [-0.15, -0.1) is 11.3 Å². The number of benzene rings is 1. The summed E-state index contributed by atoms with van der Waals surface area (Å²) in [6, 6.07) is 14.1. The molecule has 5 heteroatoms. The van der Waals surface area contributed by atoms with E-state index in [0.717, 1.165) is 36.1 Å². The highest BCUT2D eigenvalue weighted by atomic mass is 32.1. The molecule has 1 unspecified atom stereocenters. The van der Waals surface area contributed by atoms with Crippen LogP contribution in [-0.2, 0) is 22.7 Å². The zero-order valence-electron chi connectivity index (χ0n) is 19.5. The van der Waals surface area contributed by atoms with E-state index >= 15 is 0 Å². The van der Waals surface area contributed by atoms with Crippen molar-refractivity contribution in [2.75, 3.05) is 13.1 Å². The largest absolute Gasteiger partial charge is 0.333 e. The lowest BCUT2D eigenvalue weighted by atomic mass is 9.97. The SMILES string of the molecule is CCCCC(CC)C(=O)N(CC(=O)N(Cc1ccccc1)Cc1cccs1)CC(C)C. The van der Waals surface area contributed by atoms with Crippen LogP contribution in [0.25, 0.3) is 0 Å². The van der Waals surface area contributed by atoms with Crippen molar-refractivity contribution in [3.05, 3.63) is 58.3 Å². The molecular formula is C26H38N2O2S.